The molecule has 0 unspecified atom stereocenters. The Hall–Kier alpha value is -2.29. The van der Waals surface area contributed by atoms with Crippen LogP contribution in [0.3, 0.4) is 0 Å². The van der Waals surface area contributed by atoms with Crippen molar-refractivity contribution < 1.29 is 9.53 Å². The summed E-state index contributed by atoms with van der Waals surface area (Å²) in [5, 5.41) is 2.98. The van der Waals surface area contributed by atoms with Crippen molar-refractivity contribution in [3.63, 3.8) is 0 Å². The molecule has 0 aliphatic heterocycles. The van der Waals surface area contributed by atoms with E-state index in [0.29, 0.717) is 6.42 Å². The number of nitrogens with one attached hydrogen (secondary N) is 1. The molecule has 0 saturated heterocycles. The molecule has 1 amide bonds. The molecule has 0 aromatic heterocycles. The van der Waals surface area contributed by atoms with Crippen molar-refractivity contribution in [3.05, 3.63) is 59.2 Å². The fourth-order valence-corrected chi connectivity index (χ4v) is 3.20. The van der Waals surface area contributed by atoms with Crippen molar-refractivity contribution >= 4 is 11.6 Å². The highest BCUT2D eigenvalue weighted by atomic mass is 16.5. The van der Waals surface area contributed by atoms with Gasteiger partial charge in [-0.15, -0.1) is 0 Å². The van der Waals surface area contributed by atoms with Crippen molar-refractivity contribution in [2.24, 2.45) is 0 Å². The Kier molecular flexibility index (Phi) is 5.19. The Morgan fingerprint density at radius 2 is 1.88 bits per heavy atom. The highest BCUT2D eigenvalue weighted by Gasteiger charge is 2.20. The number of benzene rings is 2. The topological polar surface area (TPSA) is 38.3 Å². The summed E-state index contributed by atoms with van der Waals surface area (Å²) in [6.45, 7) is 3.96. The van der Waals surface area contributed by atoms with Crippen molar-refractivity contribution in [1.29, 1.82) is 0 Å². The number of amides is 1. The number of para-hydroxylation sites is 1. The van der Waals surface area contributed by atoms with Gasteiger partial charge in [0.05, 0.1) is 0 Å². The molecule has 1 atom stereocenters. The maximum absolute atomic E-state index is 12.6. The van der Waals surface area contributed by atoms with Crippen molar-refractivity contribution in [1.82, 2.24) is 0 Å². The summed E-state index contributed by atoms with van der Waals surface area (Å²) in [6.07, 6.45) is 4.92. The van der Waals surface area contributed by atoms with Gasteiger partial charge in [-0.25, -0.2) is 0 Å². The van der Waals surface area contributed by atoms with Crippen LogP contribution in [0.5, 0.6) is 5.75 Å². The van der Waals surface area contributed by atoms with Gasteiger partial charge in [0, 0.05) is 5.69 Å². The molecular formula is C21H25NO2. The predicted octanol–water partition coefficient (Wildman–Crippen LogP) is 4.67. The predicted molar refractivity (Wildman–Crippen MR) is 97.6 cm³/mol. The van der Waals surface area contributed by atoms with Crippen LogP contribution in [0.25, 0.3) is 0 Å². The zero-order valence-corrected chi connectivity index (χ0v) is 14.5. The van der Waals surface area contributed by atoms with Crippen LogP contribution in [-0.4, -0.2) is 12.0 Å². The lowest BCUT2D eigenvalue weighted by molar-refractivity contribution is -0.122. The fourth-order valence-electron chi connectivity index (χ4n) is 3.20. The maximum Gasteiger partial charge on any atom is 0.265 e. The van der Waals surface area contributed by atoms with Gasteiger partial charge in [0.15, 0.2) is 6.10 Å². The van der Waals surface area contributed by atoms with E-state index in [-0.39, 0.29) is 5.91 Å². The van der Waals surface area contributed by atoms with Gasteiger partial charge < -0.3 is 10.1 Å². The number of aryl methyl sites for hydroxylation is 3. The summed E-state index contributed by atoms with van der Waals surface area (Å²) in [4.78, 5) is 12.6. The van der Waals surface area contributed by atoms with E-state index in [9.17, 15) is 4.79 Å². The molecule has 0 saturated carbocycles. The highest BCUT2D eigenvalue weighted by molar-refractivity contribution is 5.95. The van der Waals surface area contributed by atoms with E-state index in [1.54, 1.807) is 0 Å². The smallest absolute Gasteiger partial charge is 0.265 e. The van der Waals surface area contributed by atoms with Crippen molar-refractivity contribution in [3.8, 4) is 5.75 Å². The SMILES string of the molecule is CC[C@@H](Oc1ccc2c(c1)CCCC2)C(=O)Nc1ccccc1C. The van der Waals surface area contributed by atoms with Crippen LogP contribution in [0, 0.1) is 6.92 Å². The molecule has 0 radical (unpaired) electrons. The van der Waals surface area contributed by atoms with Crippen LogP contribution in [0.1, 0.15) is 42.9 Å². The molecule has 3 nitrogen and oxygen atoms in total. The molecule has 1 aliphatic rings. The molecule has 0 fully saturated rings. The van der Waals surface area contributed by atoms with E-state index in [1.807, 2.05) is 44.2 Å². The number of fused-ring (bicyclic) bond motifs is 1. The Morgan fingerprint density at radius 3 is 2.62 bits per heavy atom. The van der Waals surface area contributed by atoms with Crippen LogP contribution >= 0.6 is 0 Å². The van der Waals surface area contributed by atoms with Crippen LogP contribution in [-0.2, 0) is 17.6 Å². The van der Waals surface area contributed by atoms with E-state index in [4.69, 9.17) is 4.74 Å². The molecule has 24 heavy (non-hydrogen) atoms. The first kappa shape index (κ1) is 16.6. The zero-order valence-electron chi connectivity index (χ0n) is 14.5. The molecule has 126 valence electrons. The van der Waals surface area contributed by atoms with E-state index in [0.717, 1.165) is 29.8 Å². The highest BCUT2D eigenvalue weighted by Crippen LogP contribution is 2.26. The lowest BCUT2D eigenvalue weighted by atomic mass is 9.92. The minimum atomic E-state index is -0.480. The van der Waals surface area contributed by atoms with Crippen molar-refractivity contribution in [2.75, 3.05) is 5.32 Å². The first-order valence-corrected chi connectivity index (χ1v) is 8.82. The Balaban J connectivity index is 1.70. The van der Waals surface area contributed by atoms with Gasteiger partial charge in [0.2, 0.25) is 0 Å². The molecule has 1 aliphatic carbocycles. The van der Waals surface area contributed by atoms with Gasteiger partial charge in [-0.05, 0) is 73.9 Å². The fraction of sp³-hybridized carbons (Fsp3) is 0.381. The monoisotopic (exact) mass is 323 g/mol. The first-order chi connectivity index (χ1) is 11.7. The van der Waals surface area contributed by atoms with Crippen LogP contribution in [0.2, 0.25) is 0 Å². The average Bonchev–Trinajstić information content (AvgIpc) is 2.61. The standard InChI is InChI=1S/C21H25NO2/c1-3-20(21(23)22-19-11-7-4-8-15(19)2)24-18-13-12-16-9-5-6-10-17(16)14-18/h4,7-8,11-14,20H,3,5-6,9-10H2,1-2H3,(H,22,23)/t20-/m1/s1. The van der Waals surface area contributed by atoms with Gasteiger partial charge in [-0.2, -0.15) is 0 Å². The second kappa shape index (κ2) is 7.52. The second-order valence-electron chi connectivity index (χ2n) is 6.46. The summed E-state index contributed by atoms with van der Waals surface area (Å²) in [7, 11) is 0. The van der Waals surface area contributed by atoms with Crippen LogP contribution in [0.4, 0.5) is 5.69 Å². The second-order valence-corrected chi connectivity index (χ2v) is 6.46. The number of hydrogen-bond donors (Lipinski definition) is 1. The summed E-state index contributed by atoms with van der Waals surface area (Å²) >= 11 is 0. The third-order valence-corrected chi connectivity index (χ3v) is 4.66. The molecule has 0 spiro atoms. The third-order valence-electron chi connectivity index (χ3n) is 4.66. The largest absolute Gasteiger partial charge is 0.481 e. The number of hydrogen-bond acceptors (Lipinski definition) is 2. The van der Waals surface area contributed by atoms with Gasteiger partial charge in [-0.1, -0.05) is 31.2 Å². The van der Waals surface area contributed by atoms with Gasteiger partial charge in [-0.3, -0.25) is 4.79 Å². The van der Waals surface area contributed by atoms with Gasteiger partial charge >= 0.3 is 0 Å². The van der Waals surface area contributed by atoms with Gasteiger partial charge in [0.25, 0.3) is 5.91 Å². The summed E-state index contributed by atoms with van der Waals surface area (Å²) in [6, 6.07) is 14.0. The number of carbonyl (C=O) groups excluding carboxylic acids is 1. The molecular weight excluding hydrogens is 298 g/mol. The van der Waals surface area contributed by atoms with Crippen molar-refractivity contribution in [2.45, 2.75) is 52.1 Å². The van der Waals surface area contributed by atoms with E-state index >= 15 is 0 Å². The first-order valence-electron chi connectivity index (χ1n) is 8.82. The minimum absolute atomic E-state index is 0.0930. The normalized spacial score (nSPS) is 14.6. The molecule has 0 bridgehead atoms. The Morgan fingerprint density at radius 1 is 1.12 bits per heavy atom. The Labute approximate surface area is 144 Å². The molecule has 2 aromatic carbocycles. The summed E-state index contributed by atoms with van der Waals surface area (Å²) in [5.41, 5.74) is 4.68. The molecule has 0 heterocycles. The summed E-state index contributed by atoms with van der Waals surface area (Å²) < 4.78 is 5.99. The Bertz CT molecular complexity index is 724. The molecule has 2 aromatic rings. The number of ether oxygens (including phenoxy) is 1. The van der Waals surface area contributed by atoms with E-state index < -0.39 is 6.10 Å². The number of rotatable bonds is 5. The van der Waals surface area contributed by atoms with Crippen LogP contribution in [0.15, 0.2) is 42.5 Å². The third kappa shape index (κ3) is 3.78. The zero-order chi connectivity index (χ0) is 16.9. The maximum atomic E-state index is 12.6. The quantitative estimate of drug-likeness (QED) is 0.868. The minimum Gasteiger partial charge on any atom is -0.481 e. The van der Waals surface area contributed by atoms with E-state index in [2.05, 4.69) is 17.4 Å². The van der Waals surface area contributed by atoms with Gasteiger partial charge in [0.1, 0.15) is 5.75 Å². The summed E-state index contributed by atoms with van der Waals surface area (Å²) in [5.74, 6) is 0.701. The molecule has 1 N–H and O–H groups in total. The average molecular weight is 323 g/mol. The number of anilines is 1. The lowest BCUT2D eigenvalue weighted by Crippen LogP contribution is -2.32. The molecule has 3 rings (SSSR count). The number of carbonyl (C=O) groups is 1. The molecule has 3 heteroatoms. The van der Waals surface area contributed by atoms with Crippen LogP contribution < -0.4 is 10.1 Å². The van der Waals surface area contributed by atoms with E-state index in [1.165, 1.54) is 24.0 Å². The lowest BCUT2D eigenvalue weighted by Gasteiger charge is -2.20.